The molecule has 0 atom stereocenters. The van der Waals surface area contributed by atoms with Crippen LogP contribution in [0.25, 0.3) is 11.1 Å². The lowest BCUT2D eigenvalue weighted by molar-refractivity contribution is 1.32. The lowest BCUT2D eigenvalue weighted by Crippen LogP contribution is -1.88. The predicted octanol–water partition coefficient (Wildman–Crippen LogP) is 5.86. The summed E-state index contributed by atoms with van der Waals surface area (Å²) in [7, 11) is 0. The third kappa shape index (κ3) is 2.26. The molecule has 0 fully saturated rings. The molecular weight excluding hydrogens is 288 g/mol. The van der Waals surface area contributed by atoms with Crippen molar-refractivity contribution >= 4 is 22.7 Å². The van der Waals surface area contributed by atoms with Crippen LogP contribution in [-0.2, 0) is 6.42 Å². The molecule has 0 N–H and O–H groups in total. The third-order valence-corrected chi connectivity index (χ3v) is 4.43. The lowest BCUT2D eigenvalue weighted by atomic mass is 9.94. The van der Waals surface area contributed by atoms with E-state index in [9.17, 15) is 0 Å². The van der Waals surface area contributed by atoms with Crippen molar-refractivity contribution < 1.29 is 0 Å². The van der Waals surface area contributed by atoms with Crippen molar-refractivity contribution in [3.63, 3.8) is 0 Å². The van der Waals surface area contributed by atoms with Gasteiger partial charge in [-0.2, -0.15) is 0 Å². The van der Waals surface area contributed by atoms with Crippen LogP contribution in [-0.4, -0.2) is 0 Å². The average molecular weight is 303 g/mol. The standard InChI is InChI=1S/C21H15Cl/c22-18-11-12-19-17(13-18)14-20(15-7-3-1-4-8-15)21(19)16-9-5-2-6-10-16/h1-13H,14H2. The SMILES string of the molecule is Clc1ccc2c(c1)CC(c1ccccc1)=C2c1ccccc1. The Kier molecular flexibility index (Phi) is 3.32. The Morgan fingerprint density at radius 1 is 0.682 bits per heavy atom. The van der Waals surface area contributed by atoms with E-state index in [1.807, 2.05) is 6.07 Å². The van der Waals surface area contributed by atoms with Crippen molar-refractivity contribution in [2.45, 2.75) is 6.42 Å². The Balaban J connectivity index is 1.96. The van der Waals surface area contributed by atoms with Gasteiger partial charge in [0.1, 0.15) is 0 Å². The molecule has 0 saturated carbocycles. The molecule has 22 heavy (non-hydrogen) atoms. The minimum atomic E-state index is 0.806. The second kappa shape index (κ2) is 5.47. The van der Waals surface area contributed by atoms with Gasteiger partial charge in [-0.15, -0.1) is 0 Å². The van der Waals surface area contributed by atoms with E-state index in [4.69, 9.17) is 11.6 Å². The predicted molar refractivity (Wildman–Crippen MR) is 94.0 cm³/mol. The van der Waals surface area contributed by atoms with Gasteiger partial charge in [0.25, 0.3) is 0 Å². The molecule has 0 bridgehead atoms. The molecule has 3 aromatic carbocycles. The first-order valence-electron chi connectivity index (χ1n) is 7.46. The van der Waals surface area contributed by atoms with E-state index in [0.717, 1.165) is 11.4 Å². The van der Waals surface area contributed by atoms with E-state index in [1.165, 1.54) is 33.4 Å². The fourth-order valence-corrected chi connectivity index (χ4v) is 3.41. The molecule has 0 spiro atoms. The van der Waals surface area contributed by atoms with E-state index in [0.29, 0.717) is 0 Å². The zero-order valence-corrected chi connectivity index (χ0v) is 12.8. The molecule has 1 heteroatoms. The molecular formula is C21H15Cl. The van der Waals surface area contributed by atoms with Gasteiger partial charge in [-0.1, -0.05) is 78.3 Å². The number of hydrogen-bond acceptors (Lipinski definition) is 0. The summed E-state index contributed by atoms with van der Waals surface area (Å²) < 4.78 is 0. The van der Waals surface area contributed by atoms with Crippen LogP contribution in [0.5, 0.6) is 0 Å². The highest BCUT2D eigenvalue weighted by atomic mass is 35.5. The lowest BCUT2D eigenvalue weighted by Gasteiger charge is -2.09. The molecule has 4 rings (SSSR count). The van der Waals surface area contributed by atoms with Gasteiger partial charge in [-0.05, 0) is 52.0 Å². The van der Waals surface area contributed by atoms with Crippen molar-refractivity contribution in [2.24, 2.45) is 0 Å². The molecule has 0 radical (unpaired) electrons. The Labute approximate surface area is 135 Å². The summed E-state index contributed by atoms with van der Waals surface area (Å²) >= 11 is 6.19. The summed E-state index contributed by atoms with van der Waals surface area (Å²) in [4.78, 5) is 0. The van der Waals surface area contributed by atoms with E-state index in [1.54, 1.807) is 0 Å². The quantitative estimate of drug-likeness (QED) is 0.556. The van der Waals surface area contributed by atoms with Gasteiger partial charge in [-0.25, -0.2) is 0 Å². The highest BCUT2D eigenvalue weighted by Gasteiger charge is 2.23. The largest absolute Gasteiger partial charge is 0.0843 e. The maximum Gasteiger partial charge on any atom is 0.0409 e. The Morgan fingerprint density at radius 3 is 2.00 bits per heavy atom. The maximum atomic E-state index is 6.19. The molecule has 0 aliphatic heterocycles. The molecule has 1 aliphatic carbocycles. The number of allylic oxidation sites excluding steroid dienone is 1. The summed E-state index contributed by atoms with van der Waals surface area (Å²) in [5.74, 6) is 0. The van der Waals surface area contributed by atoms with E-state index in [-0.39, 0.29) is 0 Å². The van der Waals surface area contributed by atoms with Crippen LogP contribution in [0.4, 0.5) is 0 Å². The molecule has 0 amide bonds. The normalized spacial score (nSPS) is 13.3. The van der Waals surface area contributed by atoms with Crippen molar-refractivity contribution in [1.29, 1.82) is 0 Å². The number of halogens is 1. The van der Waals surface area contributed by atoms with Crippen molar-refractivity contribution in [3.8, 4) is 0 Å². The summed E-state index contributed by atoms with van der Waals surface area (Å²) in [6, 6.07) is 27.5. The Morgan fingerprint density at radius 2 is 1.32 bits per heavy atom. The van der Waals surface area contributed by atoms with Gasteiger partial charge in [-0.3, -0.25) is 0 Å². The van der Waals surface area contributed by atoms with Crippen LogP contribution in [0.2, 0.25) is 5.02 Å². The Hall–Kier alpha value is -2.31. The second-order valence-electron chi connectivity index (χ2n) is 5.56. The first-order valence-corrected chi connectivity index (χ1v) is 7.83. The second-order valence-corrected chi connectivity index (χ2v) is 6.00. The summed E-state index contributed by atoms with van der Waals surface area (Å²) in [5, 5.41) is 0.806. The van der Waals surface area contributed by atoms with Crippen LogP contribution in [0, 0.1) is 0 Å². The molecule has 1 aliphatic rings. The van der Waals surface area contributed by atoms with E-state index < -0.39 is 0 Å². The van der Waals surface area contributed by atoms with Gasteiger partial charge in [0.05, 0.1) is 0 Å². The van der Waals surface area contributed by atoms with E-state index >= 15 is 0 Å². The van der Waals surface area contributed by atoms with Crippen molar-refractivity contribution in [3.05, 3.63) is 106 Å². The number of hydrogen-bond donors (Lipinski definition) is 0. The number of fused-ring (bicyclic) bond motifs is 1. The topological polar surface area (TPSA) is 0 Å². The monoisotopic (exact) mass is 302 g/mol. The van der Waals surface area contributed by atoms with Gasteiger partial charge in [0.2, 0.25) is 0 Å². The zero-order chi connectivity index (χ0) is 14.9. The fraction of sp³-hybridized carbons (Fsp3) is 0.0476. The van der Waals surface area contributed by atoms with E-state index in [2.05, 4.69) is 72.8 Å². The highest BCUT2D eigenvalue weighted by molar-refractivity contribution is 6.30. The van der Waals surface area contributed by atoms with Crippen molar-refractivity contribution in [2.75, 3.05) is 0 Å². The molecule has 0 nitrogen and oxygen atoms in total. The first-order chi connectivity index (χ1) is 10.8. The van der Waals surface area contributed by atoms with Crippen LogP contribution in [0.3, 0.4) is 0 Å². The molecule has 0 unspecified atom stereocenters. The van der Waals surface area contributed by atoms with Crippen LogP contribution in [0.15, 0.2) is 78.9 Å². The number of rotatable bonds is 2. The van der Waals surface area contributed by atoms with Gasteiger partial charge in [0, 0.05) is 5.02 Å². The summed E-state index contributed by atoms with van der Waals surface area (Å²) in [5.41, 5.74) is 7.87. The molecule has 106 valence electrons. The third-order valence-electron chi connectivity index (χ3n) is 4.19. The molecule has 0 aromatic heterocycles. The highest BCUT2D eigenvalue weighted by Crippen LogP contribution is 2.42. The summed E-state index contributed by atoms with van der Waals surface area (Å²) in [6.07, 6.45) is 0.935. The fourth-order valence-electron chi connectivity index (χ4n) is 3.21. The first kappa shape index (κ1) is 13.4. The minimum absolute atomic E-state index is 0.806. The molecule has 0 heterocycles. The van der Waals surface area contributed by atoms with Crippen LogP contribution in [0.1, 0.15) is 22.3 Å². The summed E-state index contributed by atoms with van der Waals surface area (Å²) in [6.45, 7) is 0. The average Bonchev–Trinajstić information content (AvgIpc) is 2.95. The van der Waals surface area contributed by atoms with Gasteiger partial charge >= 0.3 is 0 Å². The van der Waals surface area contributed by atoms with Crippen molar-refractivity contribution in [1.82, 2.24) is 0 Å². The van der Waals surface area contributed by atoms with Crippen LogP contribution < -0.4 is 0 Å². The van der Waals surface area contributed by atoms with Crippen LogP contribution >= 0.6 is 11.6 Å². The van der Waals surface area contributed by atoms with Gasteiger partial charge < -0.3 is 0 Å². The molecule has 0 saturated heterocycles. The zero-order valence-electron chi connectivity index (χ0n) is 12.1. The molecule has 3 aromatic rings. The smallest absolute Gasteiger partial charge is 0.0409 e. The number of benzene rings is 3. The minimum Gasteiger partial charge on any atom is -0.0843 e. The Bertz CT molecular complexity index is 846. The van der Waals surface area contributed by atoms with Gasteiger partial charge in [0.15, 0.2) is 0 Å². The maximum absolute atomic E-state index is 6.19.